The van der Waals surface area contributed by atoms with E-state index < -0.39 is 0 Å². The van der Waals surface area contributed by atoms with Gasteiger partial charge in [-0.15, -0.1) is 0 Å². The van der Waals surface area contributed by atoms with Crippen molar-refractivity contribution in [1.82, 2.24) is 4.90 Å². The molecule has 1 aliphatic carbocycles. The number of nitrogens with zero attached hydrogens (tertiary/aromatic N) is 1. The molecule has 2 unspecified atom stereocenters. The molecule has 3 nitrogen and oxygen atoms in total. The minimum atomic E-state index is 0.139. The van der Waals surface area contributed by atoms with Gasteiger partial charge < -0.3 is 10.8 Å². The third-order valence-electron chi connectivity index (χ3n) is 4.53. The van der Waals surface area contributed by atoms with E-state index in [1.54, 1.807) is 12.1 Å². The van der Waals surface area contributed by atoms with Crippen LogP contribution in [0.25, 0.3) is 0 Å². The van der Waals surface area contributed by atoms with Gasteiger partial charge in [-0.05, 0) is 44.0 Å². The number of phenols is 1. The summed E-state index contributed by atoms with van der Waals surface area (Å²) in [6, 6.07) is 3.85. The molecule has 2 atom stereocenters. The van der Waals surface area contributed by atoms with Crippen LogP contribution < -0.4 is 5.73 Å². The molecule has 2 rings (SSSR count). The van der Waals surface area contributed by atoms with Gasteiger partial charge in [-0.2, -0.15) is 0 Å². The fourth-order valence-electron chi connectivity index (χ4n) is 3.37. The summed E-state index contributed by atoms with van der Waals surface area (Å²) in [5.41, 5.74) is 6.73. The van der Waals surface area contributed by atoms with Crippen LogP contribution in [0, 0.1) is 5.92 Å². The number of benzene rings is 1. The quantitative estimate of drug-likeness (QED) is 0.856. The largest absolute Gasteiger partial charge is 0.506 e. The highest BCUT2D eigenvalue weighted by Crippen LogP contribution is 2.34. The van der Waals surface area contributed by atoms with Crippen molar-refractivity contribution in [3.8, 4) is 5.75 Å². The van der Waals surface area contributed by atoms with E-state index in [1.165, 1.54) is 25.7 Å². The summed E-state index contributed by atoms with van der Waals surface area (Å²) in [6.45, 7) is 4.45. The van der Waals surface area contributed by atoms with Gasteiger partial charge in [-0.1, -0.05) is 43.0 Å². The van der Waals surface area contributed by atoms with E-state index in [9.17, 15) is 5.11 Å². The van der Waals surface area contributed by atoms with Gasteiger partial charge in [0.05, 0.1) is 5.02 Å². The van der Waals surface area contributed by atoms with Crippen molar-refractivity contribution in [2.45, 2.75) is 45.2 Å². The fraction of sp³-hybridized carbons (Fsp3) is 0.625. The molecule has 1 aromatic carbocycles. The molecular formula is C16H24Cl2N2O. The lowest BCUT2D eigenvalue weighted by Gasteiger charge is -2.39. The van der Waals surface area contributed by atoms with Gasteiger partial charge in [0, 0.05) is 23.2 Å². The van der Waals surface area contributed by atoms with Crippen LogP contribution in [0.3, 0.4) is 0 Å². The third-order valence-corrected chi connectivity index (χ3v) is 5.03. The van der Waals surface area contributed by atoms with E-state index in [0.29, 0.717) is 28.5 Å². The molecule has 0 saturated heterocycles. The Morgan fingerprint density at radius 2 is 2.00 bits per heavy atom. The molecule has 5 heteroatoms. The molecular weight excluding hydrogens is 307 g/mol. The predicted octanol–water partition coefficient (Wildman–Crippen LogP) is 4.04. The molecule has 0 bridgehead atoms. The molecule has 0 aromatic heterocycles. The molecule has 0 heterocycles. The fourth-order valence-corrected chi connectivity index (χ4v) is 3.90. The summed E-state index contributed by atoms with van der Waals surface area (Å²) in [7, 11) is 0. The Balaban J connectivity index is 2.18. The zero-order valence-electron chi connectivity index (χ0n) is 12.5. The second-order valence-electron chi connectivity index (χ2n) is 5.81. The SMILES string of the molecule is CCN(Cc1cc(Cl)cc(Cl)c1O)C1CCCCC1CN. The van der Waals surface area contributed by atoms with Crippen LogP contribution in [0.15, 0.2) is 12.1 Å². The van der Waals surface area contributed by atoms with E-state index in [1.807, 2.05) is 0 Å². The first-order valence-electron chi connectivity index (χ1n) is 7.67. The molecule has 1 fully saturated rings. The summed E-state index contributed by atoms with van der Waals surface area (Å²) >= 11 is 12.1. The lowest BCUT2D eigenvalue weighted by atomic mass is 9.83. The van der Waals surface area contributed by atoms with Gasteiger partial charge in [-0.25, -0.2) is 0 Å². The Hall–Kier alpha value is -0.480. The van der Waals surface area contributed by atoms with Crippen molar-refractivity contribution in [1.29, 1.82) is 0 Å². The van der Waals surface area contributed by atoms with Gasteiger partial charge in [0.1, 0.15) is 5.75 Å². The summed E-state index contributed by atoms with van der Waals surface area (Å²) in [5, 5.41) is 11.0. The average Bonchev–Trinajstić information content (AvgIpc) is 2.49. The van der Waals surface area contributed by atoms with Gasteiger partial charge >= 0.3 is 0 Å². The summed E-state index contributed by atoms with van der Waals surface area (Å²) in [4.78, 5) is 2.39. The average molecular weight is 331 g/mol. The van der Waals surface area contributed by atoms with Crippen molar-refractivity contribution in [2.75, 3.05) is 13.1 Å². The van der Waals surface area contributed by atoms with Crippen LogP contribution in [-0.2, 0) is 6.54 Å². The van der Waals surface area contributed by atoms with Crippen LogP contribution >= 0.6 is 23.2 Å². The summed E-state index contributed by atoms with van der Waals surface area (Å²) in [6.07, 6.45) is 4.88. The number of hydrogen-bond acceptors (Lipinski definition) is 3. The summed E-state index contributed by atoms with van der Waals surface area (Å²) in [5.74, 6) is 0.676. The number of halogens is 2. The maximum absolute atomic E-state index is 10.1. The topological polar surface area (TPSA) is 49.5 Å². The lowest BCUT2D eigenvalue weighted by Crippen LogP contribution is -2.44. The Morgan fingerprint density at radius 3 is 2.67 bits per heavy atom. The number of rotatable bonds is 5. The molecule has 0 amide bonds. The van der Waals surface area contributed by atoms with Gasteiger partial charge in [-0.3, -0.25) is 4.90 Å². The van der Waals surface area contributed by atoms with E-state index in [0.717, 1.165) is 18.7 Å². The van der Waals surface area contributed by atoms with E-state index in [4.69, 9.17) is 28.9 Å². The van der Waals surface area contributed by atoms with Crippen molar-refractivity contribution in [3.63, 3.8) is 0 Å². The van der Waals surface area contributed by atoms with Crippen molar-refractivity contribution >= 4 is 23.2 Å². The summed E-state index contributed by atoms with van der Waals surface area (Å²) < 4.78 is 0. The molecule has 1 aromatic rings. The Bertz CT molecular complexity index is 482. The normalized spacial score (nSPS) is 22.7. The smallest absolute Gasteiger partial charge is 0.138 e. The molecule has 3 N–H and O–H groups in total. The first kappa shape index (κ1) is 16.9. The van der Waals surface area contributed by atoms with Crippen LogP contribution in [0.5, 0.6) is 5.75 Å². The minimum absolute atomic E-state index is 0.139. The highest BCUT2D eigenvalue weighted by molar-refractivity contribution is 6.35. The van der Waals surface area contributed by atoms with Crippen molar-refractivity contribution in [3.05, 3.63) is 27.7 Å². The van der Waals surface area contributed by atoms with Crippen molar-refractivity contribution < 1.29 is 5.11 Å². The Kier molecular flexibility index (Phi) is 6.18. The van der Waals surface area contributed by atoms with E-state index in [-0.39, 0.29) is 5.75 Å². The predicted molar refractivity (Wildman–Crippen MR) is 89.0 cm³/mol. The first-order valence-corrected chi connectivity index (χ1v) is 8.43. The van der Waals surface area contributed by atoms with Gasteiger partial charge in [0.25, 0.3) is 0 Å². The van der Waals surface area contributed by atoms with Crippen LogP contribution in [0.2, 0.25) is 10.0 Å². The zero-order valence-corrected chi connectivity index (χ0v) is 14.0. The Morgan fingerprint density at radius 1 is 1.29 bits per heavy atom. The highest BCUT2D eigenvalue weighted by atomic mass is 35.5. The zero-order chi connectivity index (χ0) is 15.4. The molecule has 0 radical (unpaired) electrons. The number of phenolic OH excluding ortho intramolecular Hbond substituents is 1. The second-order valence-corrected chi connectivity index (χ2v) is 6.65. The maximum atomic E-state index is 10.1. The van der Waals surface area contributed by atoms with Gasteiger partial charge in [0.15, 0.2) is 0 Å². The molecule has 21 heavy (non-hydrogen) atoms. The van der Waals surface area contributed by atoms with E-state index >= 15 is 0 Å². The van der Waals surface area contributed by atoms with Crippen molar-refractivity contribution in [2.24, 2.45) is 11.7 Å². The molecule has 0 aliphatic heterocycles. The number of aromatic hydroxyl groups is 1. The highest BCUT2D eigenvalue weighted by Gasteiger charge is 2.29. The second kappa shape index (κ2) is 7.68. The third kappa shape index (κ3) is 4.04. The standard InChI is InChI=1S/C16H24Cl2N2O/c1-2-20(15-6-4-3-5-11(15)9-19)10-12-7-13(17)8-14(18)16(12)21/h7-8,11,15,21H,2-6,9-10,19H2,1H3. The molecule has 0 spiro atoms. The van der Waals surface area contributed by atoms with E-state index in [2.05, 4.69) is 11.8 Å². The lowest BCUT2D eigenvalue weighted by molar-refractivity contribution is 0.105. The van der Waals surface area contributed by atoms with Crippen LogP contribution in [0.1, 0.15) is 38.2 Å². The molecule has 118 valence electrons. The van der Waals surface area contributed by atoms with Crippen LogP contribution in [-0.4, -0.2) is 29.1 Å². The Labute approximate surface area is 137 Å². The van der Waals surface area contributed by atoms with Gasteiger partial charge in [0.2, 0.25) is 0 Å². The first-order chi connectivity index (χ1) is 10.1. The molecule has 1 aliphatic rings. The minimum Gasteiger partial charge on any atom is -0.506 e. The monoisotopic (exact) mass is 330 g/mol. The van der Waals surface area contributed by atoms with Crippen LogP contribution in [0.4, 0.5) is 0 Å². The molecule has 1 saturated carbocycles. The number of nitrogens with two attached hydrogens (primary N) is 1. The number of hydrogen-bond donors (Lipinski definition) is 2. The maximum Gasteiger partial charge on any atom is 0.138 e.